The number of rotatable bonds is 7. The summed E-state index contributed by atoms with van der Waals surface area (Å²) in [5.74, 6) is -0.100. The van der Waals surface area contributed by atoms with E-state index >= 15 is 0 Å². The van der Waals surface area contributed by atoms with Crippen LogP contribution in [0.25, 0.3) is 22.0 Å². The molecule has 0 atom stereocenters. The molecule has 0 bridgehead atoms. The fourth-order valence-electron chi connectivity index (χ4n) is 4.92. The molecule has 0 radical (unpaired) electrons. The van der Waals surface area contributed by atoms with Crippen LogP contribution in [0.5, 0.6) is 0 Å². The van der Waals surface area contributed by atoms with Crippen LogP contribution in [0, 0.1) is 6.92 Å². The Morgan fingerprint density at radius 3 is 2.44 bits per heavy atom. The third-order valence-electron chi connectivity index (χ3n) is 7.04. The van der Waals surface area contributed by atoms with Gasteiger partial charge in [0.15, 0.2) is 0 Å². The van der Waals surface area contributed by atoms with E-state index in [1.54, 1.807) is 42.1 Å². The van der Waals surface area contributed by atoms with Crippen molar-refractivity contribution in [2.24, 2.45) is 7.05 Å². The molecule has 0 aliphatic rings. The molecule has 10 heteroatoms. The lowest BCUT2D eigenvalue weighted by Gasteiger charge is -2.15. The Morgan fingerprint density at radius 1 is 0.930 bits per heavy atom. The third kappa shape index (κ3) is 6.60. The minimum atomic E-state index is -4.56. The van der Waals surface area contributed by atoms with Crippen LogP contribution in [0.15, 0.2) is 89.9 Å². The van der Waals surface area contributed by atoms with Gasteiger partial charge in [-0.1, -0.05) is 24.3 Å². The molecule has 0 saturated carbocycles. The zero-order chi connectivity index (χ0) is 30.9. The maximum Gasteiger partial charge on any atom is 0.416 e. The van der Waals surface area contributed by atoms with Gasteiger partial charge in [0.1, 0.15) is 5.82 Å². The first kappa shape index (κ1) is 29.5. The van der Waals surface area contributed by atoms with Gasteiger partial charge in [-0.15, -0.1) is 0 Å². The van der Waals surface area contributed by atoms with Crippen molar-refractivity contribution in [1.29, 1.82) is 0 Å². The largest absolute Gasteiger partial charge is 0.416 e. The van der Waals surface area contributed by atoms with Crippen molar-refractivity contribution >= 4 is 34.0 Å². The van der Waals surface area contributed by atoms with E-state index in [0.717, 1.165) is 40.9 Å². The predicted molar refractivity (Wildman–Crippen MR) is 164 cm³/mol. The van der Waals surface area contributed by atoms with Crippen molar-refractivity contribution in [1.82, 2.24) is 14.5 Å². The average molecular weight is 586 g/mol. The monoisotopic (exact) mass is 585 g/mol. The van der Waals surface area contributed by atoms with Crippen LogP contribution in [-0.4, -0.2) is 34.5 Å². The first-order chi connectivity index (χ1) is 20.4. The van der Waals surface area contributed by atoms with Crippen molar-refractivity contribution in [2.75, 3.05) is 24.7 Å². The van der Waals surface area contributed by atoms with E-state index in [9.17, 15) is 22.8 Å². The van der Waals surface area contributed by atoms with Gasteiger partial charge in [0.2, 0.25) is 0 Å². The molecule has 3 aromatic carbocycles. The molecule has 0 fully saturated rings. The highest BCUT2D eigenvalue weighted by molar-refractivity contribution is 6.04. The molecular weight excluding hydrogens is 555 g/mol. The predicted octanol–water partition coefficient (Wildman–Crippen LogP) is 6.99. The molecule has 0 aliphatic carbocycles. The lowest BCUT2D eigenvalue weighted by molar-refractivity contribution is -0.137. The second kappa shape index (κ2) is 11.7. The SMILES string of the molecule is Cc1ccc(NC(=O)c2cccc(C(F)(F)F)c2)cc1-c1cc2cnc(Nc3cccc(CN(C)C)c3)cc2n(C)c1=O. The van der Waals surface area contributed by atoms with E-state index in [-0.39, 0.29) is 11.1 Å². The van der Waals surface area contributed by atoms with E-state index in [1.807, 2.05) is 39.2 Å². The van der Waals surface area contributed by atoms with Crippen LogP contribution in [-0.2, 0) is 19.8 Å². The lowest BCUT2D eigenvalue weighted by atomic mass is 9.99. The fourth-order valence-corrected chi connectivity index (χ4v) is 4.92. The first-order valence-electron chi connectivity index (χ1n) is 13.5. The van der Waals surface area contributed by atoms with Gasteiger partial charge in [-0.3, -0.25) is 9.59 Å². The molecule has 7 nitrogen and oxygen atoms in total. The number of anilines is 3. The number of alkyl halides is 3. The Balaban J connectivity index is 1.44. The van der Waals surface area contributed by atoms with Crippen molar-refractivity contribution in [3.63, 3.8) is 0 Å². The van der Waals surface area contributed by atoms with Gasteiger partial charge < -0.3 is 20.1 Å². The molecule has 2 heterocycles. The van der Waals surface area contributed by atoms with E-state index < -0.39 is 17.6 Å². The summed E-state index contributed by atoms with van der Waals surface area (Å²) in [5, 5.41) is 6.70. The number of nitrogens with zero attached hydrogens (tertiary/aromatic N) is 3. The van der Waals surface area contributed by atoms with Gasteiger partial charge in [0.05, 0.1) is 11.1 Å². The van der Waals surface area contributed by atoms with Crippen LogP contribution in [0.4, 0.5) is 30.4 Å². The molecule has 220 valence electrons. The first-order valence-corrected chi connectivity index (χ1v) is 13.5. The van der Waals surface area contributed by atoms with Crippen LogP contribution in [0.1, 0.15) is 27.0 Å². The number of hydrogen-bond donors (Lipinski definition) is 2. The summed E-state index contributed by atoms with van der Waals surface area (Å²) in [6.45, 7) is 2.64. The van der Waals surface area contributed by atoms with Crippen LogP contribution < -0.4 is 16.2 Å². The minimum absolute atomic E-state index is 0.126. The number of pyridine rings is 2. The van der Waals surface area contributed by atoms with Gasteiger partial charge in [-0.05, 0) is 86.2 Å². The number of fused-ring (bicyclic) bond motifs is 1. The van der Waals surface area contributed by atoms with E-state index in [2.05, 4.69) is 32.7 Å². The Hall–Kier alpha value is -4.96. The van der Waals surface area contributed by atoms with Gasteiger partial charge in [-0.2, -0.15) is 13.2 Å². The average Bonchev–Trinajstić information content (AvgIpc) is 2.96. The van der Waals surface area contributed by atoms with Gasteiger partial charge >= 0.3 is 6.18 Å². The van der Waals surface area contributed by atoms with Gasteiger partial charge in [-0.25, -0.2) is 4.98 Å². The Kier molecular flexibility index (Phi) is 8.06. The molecule has 0 saturated heterocycles. The van der Waals surface area contributed by atoms with Crippen LogP contribution >= 0.6 is 0 Å². The van der Waals surface area contributed by atoms with E-state index in [0.29, 0.717) is 28.1 Å². The smallest absolute Gasteiger partial charge is 0.340 e. The number of halogens is 3. The molecule has 0 unspecified atom stereocenters. The van der Waals surface area contributed by atoms with E-state index in [1.165, 1.54) is 12.1 Å². The number of carbonyl (C=O) groups excluding carboxylic acids is 1. The summed E-state index contributed by atoms with van der Waals surface area (Å²) in [4.78, 5) is 33.0. The zero-order valence-electron chi connectivity index (χ0n) is 24.1. The zero-order valence-corrected chi connectivity index (χ0v) is 24.1. The molecule has 5 rings (SSSR count). The topological polar surface area (TPSA) is 79.3 Å². The second-order valence-electron chi connectivity index (χ2n) is 10.7. The van der Waals surface area contributed by atoms with Gasteiger partial charge in [0.25, 0.3) is 11.5 Å². The van der Waals surface area contributed by atoms with Crippen molar-refractivity contribution in [3.8, 4) is 11.1 Å². The highest BCUT2D eigenvalue weighted by Gasteiger charge is 2.31. The normalized spacial score (nSPS) is 11.6. The van der Waals surface area contributed by atoms with Crippen LogP contribution in [0.2, 0.25) is 0 Å². The van der Waals surface area contributed by atoms with Gasteiger partial charge in [0, 0.05) is 53.7 Å². The number of hydrogen-bond acceptors (Lipinski definition) is 5. The number of amides is 1. The summed E-state index contributed by atoms with van der Waals surface area (Å²) in [6.07, 6.45) is -2.87. The molecule has 5 aromatic rings. The molecular formula is C33H30F3N5O2. The highest BCUT2D eigenvalue weighted by atomic mass is 19.4. The minimum Gasteiger partial charge on any atom is -0.340 e. The fraction of sp³-hybridized carbons (Fsp3) is 0.182. The Morgan fingerprint density at radius 2 is 1.70 bits per heavy atom. The number of carbonyl (C=O) groups is 1. The summed E-state index contributed by atoms with van der Waals surface area (Å²) in [7, 11) is 5.70. The summed E-state index contributed by atoms with van der Waals surface area (Å²) < 4.78 is 40.9. The molecule has 1 amide bonds. The van der Waals surface area contributed by atoms with Crippen LogP contribution in [0.3, 0.4) is 0 Å². The maximum absolute atomic E-state index is 13.6. The van der Waals surface area contributed by atoms with Crippen molar-refractivity contribution < 1.29 is 18.0 Å². The third-order valence-corrected chi connectivity index (χ3v) is 7.04. The molecule has 0 spiro atoms. The molecule has 2 N–H and O–H groups in total. The number of aryl methyl sites for hydroxylation is 2. The number of nitrogens with one attached hydrogen (secondary N) is 2. The number of benzene rings is 3. The Bertz CT molecular complexity index is 1900. The second-order valence-corrected chi connectivity index (χ2v) is 10.7. The summed E-state index contributed by atoms with van der Waals surface area (Å²) in [6, 6.07) is 20.9. The molecule has 43 heavy (non-hydrogen) atoms. The number of aromatic nitrogens is 2. The molecule has 2 aromatic heterocycles. The Labute approximate surface area is 246 Å². The summed E-state index contributed by atoms with van der Waals surface area (Å²) in [5.41, 5.74) is 3.56. The van der Waals surface area contributed by atoms with E-state index in [4.69, 9.17) is 0 Å². The highest BCUT2D eigenvalue weighted by Crippen LogP contribution is 2.31. The lowest BCUT2D eigenvalue weighted by Crippen LogP contribution is -2.19. The summed E-state index contributed by atoms with van der Waals surface area (Å²) >= 11 is 0. The standard InChI is InChI=1S/C33H30F3N5O2/c1-20-11-12-26(39-31(42)22-8-6-9-24(14-22)33(34,35)36)16-27(20)28-15-23-18-37-30(17-29(23)41(4)32(28)43)38-25-10-5-7-21(13-25)19-40(2)3/h5-18H,19H2,1-4H3,(H,37,38)(H,39,42). The molecule has 0 aliphatic heterocycles. The van der Waals surface area contributed by atoms with Crippen molar-refractivity contribution in [2.45, 2.75) is 19.6 Å². The quantitative estimate of drug-likeness (QED) is 0.215. The van der Waals surface area contributed by atoms with Crippen molar-refractivity contribution in [3.05, 3.63) is 118 Å². The maximum atomic E-state index is 13.6.